The highest BCUT2D eigenvalue weighted by Gasteiger charge is 2.29. The zero-order chi connectivity index (χ0) is 12.6. The van der Waals surface area contributed by atoms with Gasteiger partial charge in [0.05, 0.1) is 12.8 Å². The summed E-state index contributed by atoms with van der Waals surface area (Å²) in [6.07, 6.45) is -0.548. The van der Waals surface area contributed by atoms with Crippen LogP contribution in [0, 0.1) is 5.82 Å². The maximum Gasteiger partial charge on any atom is 0.352 e. The third-order valence-electron chi connectivity index (χ3n) is 2.29. The Labute approximate surface area is 94.0 Å². The number of rotatable bonds is 2. The molecule has 0 saturated heterocycles. The first-order valence-corrected chi connectivity index (χ1v) is 4.70. The molecule has 0 aromatic carbocycles. The Balaban J connectivity index is 2.37. The zero-order valence-corrected chi connectivity index (χ0v) is 8.51. The molecule has 1 aliphatic heterocycles. The summed E-state index contributed by atoms with van der Waals surface area (Å²) in [6, 6.07) is 0. The molecule has 2 heterocycles. The van der Waals surface area contributed by atoms with Gasteiger partial charge in [0.25, 0.3) is 0 Å². The quantitative estimate of drug-likeness (QED) is 0.747. The Bertz CT molecular complexity index is 529. The molecule has 1 aromatic heterocycles. The second-order valence-corrected chi connectivity index (χ2v) is 3.41. The van der Waals surface area contributed by atoms with Crippen molar-refractivity contribution in [2.24, 2.45) is 0 Å². The van der Waals surface area contributed by atoms with E-state index in [1.807, 2.05) is 0 Å². The number of halogens is 2. The standard InChI is InChI=1S/C9H9F2N3O3/c10-4-1-7(17-6(4)3-15)14-2-5(11)8(12)13-9(14)16/h1-2,6-7,15H,3H2,(H2,12,13,16)/t6-,7-/m0/s1. The maximum atomic E-state index is 13.2. The average molecular weight is 245 g/mol. The van der Waals surface area contributed by atoms with Crippen LogP contribution in [0.1, 0.15) is 6.23 Å². The van der Waals surface area contributed by atoms with Gasteiger partial charge in [0.1, 0.15) is 11.9 Å². The van der Waals surface area contributed by atoms with Crippen LogP contribution in [0.5, 0.6) is 0 Å². The molecule has 0 aliphatic carbocycles. The van der Waals surface area contributed by atoms with Crippen LogP contribution in [0.3, 0.4) is 0 Å². The number of hydrogen-bond donors (Lipinski definition) is 2. The van der Waals surface area contributed by atoms with E-state index in [0.29, 0.717) is 0 Å². The summed E-state index contributed by atoms with van der Waals surface area (Å²) in [6.45, 7) is -0.571. The largest absolute Gasteiger partial charge is 0.393 e. The molecule has 0 unspecified atom stereocenters. The minimum Gasteiger partial charge on any atom is -0.393 e. The minimum absolute atomic E-state index is 0.535. The molecular weight excluding hydrogens is 236 g/mol. The number of nitrogen functional groups attached to an aromatic ring is 1. The first kappa shape index (κ1) is 11.7. The van der Waals surface area contributed by atoms with Crippen molar-refractivity contribution in [3.05, 3.63) is 34.4 Å². The summed E-state index contributed by atoms with van der Waals surface area (Å²) in [4.78, 5) is 14.6. The van der Waals surface area contributed by atoms with Gasteiger partial charge in [-0.05, 0) is 6.08 Å². The van der Waals surface area contributed by atoms with E-state index in [-0.39, 0.29) is 0 Å². The summed E-state index contributed by atoms with van der Waals surface area (Å²) in [5.74, 6) is -2.16. The molecule has 0 saturated carbocycles. The Kier molecular flexibility index (Phi) is 2.90. The van der Waals surface area contributed by atoms with E-state index < -0.39 is 42.1 Å². The lowest BCUT2D eigenvalue weighted by Gasteiger charge is -2.14. The smallest absolute Gasteiger partial charge is 0.352 e. The number of aliphatic hydroxyl groups excluding tert-OH is 1. The van der Waals surface area contributed by atoms with Crippen molar-refractivity contribution in [3.8, 4) is 0 Å². The van der Waals surface area contributed by atoms with Crippen LogP contribution in [-0.2, 0) is 4.74 Å². The first-order valence-electron chi connectivity index (χ1n) is 4.70. The Morgan fingerprint density at radius 1 is 1.59 bits per heavy atom. The molecule has 8 heteroatoms. The van der Waals surface area contributed by atoms with Crippen LogP contribution in [0.25, 0.3) is 0 Å². The average Bonchev–Trinajstić information content (AvgIpc) is 2.65. The van der Waals surface area contributed by atoms with Gasteiger partial charge in [0.2, 0.25) is 0 Å². The first-order chi connectivity index (χ1) is 8.02. The van der Waals surface area contributed by atoms with Gasteiger partial charge in [-0.25, -0.2) is 13.6 Å². The Morgan fingerprint density at radius 3 is 2.88 bits per heavy atom. The summed E-state index contributed by atoms with van der Waals surface area (Å²) in [5, 5.41) is 8.77. The molecule has 0 bridgehead atoms. The minimum atomic E-state index is -1.15. The molecule has 6 nitrogen and oxygen atoms in total. The summed E-state index contributed by atoms with van der Waals surface area (Å²) in [7, 11) is 0. The third kappa shape index (κ3) is 2.04. The summed E-state index contributed by atoms with van der Waals surface area (Å²) < 4.78 is 32.0. The summed E-state index contributed by atoms with van der Waals surface area (Å²) in [5.41, 5.74) is 4.23. The van der Waals surface area contributed by atoms with Gasteiger partial charge in [-0.15, -0.1) is 0 Å². The Hall–Kier alpha value is -1.80. The van der Waals surface area contributed by atoms with Crippen molar-refractivity contribution in [2.45, 2.75) is 12.3 Å². The van der Waals surface area contributed by atoms with Crippen molar-refractivity contribution < 1.29 is 18.6 Å². The maximum absolute atomic E-state index is 13.2. The second kappa shape index (κ2) is 4.22. The van der Waals surface area contributed by atoms with E-state index in [1.165, 1.54) is 0 Å². The molecule has 0 fully saturated rings. The third-order valence-corrected chi connectivity index (χ3v) is 2.29. The topological polar surface area (TPSA) is 90.4 Å². The molecule has 2 rings (SSSR count). The van der Waals surface area contributed by atoms with Crippen LogP contribution >= 0.6 is 0 Å². The number of anilines is 1. The van der Waals surface area contributed by atoms with Crippen molar-refractivity contribution in [1.29, 1.82) is 0 Å². The molecule has 2 atom stereocenters. The van der Waals surface area contributed by atoms with Crippen LogP contribution in [-0.4, -0.2) is 27.4 Å². The lowest BCUT2D eigenvalue weighted by Crippen LogP contribution is -2.29. The van der Waals surface area contributed by atoms with Crippen molar-refractivity contribution in [1.82, 2.24) is 9.55 Å². The lowest BCUT2D eigenvalue weighted by atomic mass is 10.3. The number of hydrogen-bond acceptors (Lipinski definition) is 5. The van der Waals surface area contributed by atoms with Gasteiger partial charge in [-0.1, -0.05) is 0 Å². The fourth-order valence-electron chi connectivity index (χ4n) is 1.43. The monoisotopic (exact) mass is 245 g/mol. The molecule has 1 aliphatic rings. The molecule has 92 valence electrons. The molecule has 0 amide bonds. The van der Waals surface area contributed by atoms with Gasteiger partial charge in [-0.2, -0.15) is 4.98 Å². The molecule has 1 aromatic rings. The van der Waals surface area contributed by atoms with Gasteiger partial charge >= 0.3 is 5.69 Å². The molecule has 0 spiro atoms. The van der Waals surface area contributed by atoms with Crippen molar-refractivity contribution >= 4 is 5.82 Å². The number of nitrogens with zero attached hydrogens (tertiary/aromatic N) is 2. The molecule has 0 radical (unpaired) electrons. The Morgan fingerprint density at radius 2 is 2.29 bits per heavy atom. The van der Waals surface area contributed by atoms with Crippen LogP contribution in [0.15, 0.2) is 22.9 Å². The highest BCUT2D eigenvalue weighted by atomic mass is 19.1. The van der Waals surface area contributed by atoms with E-state index in [1.54, 1.807) is 0 Å². The highest BCUT2D eigenvalue weighted by Crippen LogP contribution is 2.26. The SMILES string of the molecule is Nc1nc(=O)n([C@@H]2C=C(F)[C@H](CO)O2)cc1F. The van der Waals surface area contributed by atoms with Gasteiger partial charge in [-0.3, -0.25) is 4.57 Å². The zero-order valence-electron chi connectivity index (χ0n) is 8.51. The van der Waals surface area contributed by atoms with Gasteiger partial charge in [0, 0.05) is 0 Å². The van der Waals surface area contributed by atoms with E-state index in [4.69, 9.17) is 15.6 Å². The number of ether oxygens (including phenoxy) is 1. The highest BCUT2D eigenvalue weighted by molar-refractivity contribution is 5.26. The van der Waals surface area contributed by atoms with Gasteiger partial charge in [0.15, 0.2) is 17.9 Å². The fourth-order valence-corrected chi connectivity index (χ4v) is 1.43. The lowest BCUT2D eigenvalue weighted by molar-refractivity contribution is -0.0202. The molecular formula is C9H9F2N3O3. The van der Waals surface area contributed by atoms with Crippen LogP contribution in [0.4, 0.5) is 14.6 Å². The predicted octanol–water partition coefficient (Wildman–Crippen LogP) is -0.292. The number of aromatic nitrogens is 2. The van der Waals surface area contributed by atoms with E-state index >= 15 is 0 Å². The summed E-state index contributed by atoms with van der Waals surface area (Å²) >= 11 is 0. The van der Waals surface area contributed by atoms with E-state index in [9.17, 15) is 13.6 Å². The van der Waals surface area contributed by atoms with Crippen molar-refractivity contribution in [3.63, 3.8) is 0 Å². The fraction of sp³-hybridized carbons (Fsp3) is 0.333. The van der Waals surface area contributed by atoms with E-state index in [0.717, 1.165) is 16.8 Å². The van der Waals surface area contributed by atoms with Crippen LogP contribution in [0.2, 0.25) is 0 Å². The van der Waals surface area contributed by atoms with E-state index in [2.05, 4.69) is 4.98 Å². The molecule has 17 heavy (non-hydrogen) atoms. The molecule has 3 N–H and O–H groups in total. The predicted molar refractivity (Wildman–Crippen MR) is 53.1 cm³/mol. The van der Waals surface area contributed by atoms with Crippen LogP contribution < -0.4 is 11.4 Å². The van der Waals surface area contributed by atoms with Crippen molar-refractivity contribution in [2.75, 3.05) is 12.3 Å². The number of aliphatic hydroxyl groups is 1. The normalized spacial score (nSPS) is 23.8. The number of nitrogens with two attached hydrogens (primary N) is 1. The van der Waals surface area contributed by atoms with Gasteiger partial charge < -0.3 is 15.6 Å². The second-order valence-electron chi connectivity index (χ2n) is 3.41.